The fourth-order valence-corrected chi connectivity index (χ4v) is 6.79. The number of ether oxygens (including phenoxy) is 2. The maximum absolute atomic E-state index is 15.0. The molecule has 0 aromatic heterocycles. The minimum Gasteiger partial charge on any atom is -0.432 e. The Labute approximate surface area is 260 Å². The average Bonchev–Trinajstić information content (AvgIpc) is 2.99. The fraction of sp³-hybridized carbons (Fsp3) is 0.657. The Kier molecular flexibility index (Phi) is 12.6. The van der Waals surface area contributed by atoms with Crippen LogP contribution in [0.15, 0.2) is 30.3 Å². The first-order valence-electron chi connectivity index (χ1n) is 16.4. The van der Waals surface area contributed by atoms with Crippen LogP contribution in [0.3, 0.4) is 0 Å². The average molecular weight is 649 g/mol. The summed E-state index contributed by atoms with van der Waals surface area (Å²) in [7, 11) is 0. The summed E-state index contributed by atoms with van der Waals surface area (Å²) in [6.07, 6.45) is 2.86. The first-order chi connectivity index (χ1) is 21.4. The number of rotatable bonds is 15. The first-order valence-corrected chi connectivity index (χ1v) is 16.4. The largest absolute Gasteiger partial charge is 0.432 e. The standard InChI is InChI=1S/C35H44F8O2/c1-2-3-4-5-6-7-23-10-14-26(15-11-23)34(40,41)45-28-18-19-29(30(36)22-28)35(42,43)44-27-16-12-24(13-17-27)8-9-25-20-31(37)33(39)32(38)21-25/h18-24,26-27H,2-17H2,1H3. The van der Waals surface area contributed by atoms with Crippen LogP contribution in [0, 0.1) is 41.0 Å². The smallest absolute Gasteiger partial charge is 0.400 e. The van der Waals surface area contributed by atoms with Crippen molar-refractivity contribution in [3.05, 3.63) is 64.7 Å². The molecule has 0 amide bonds. The van der Waals surface area contributed by atoms with Crippen molar-refractivity contribution in [2.75, 3.05) is 0 Å². The number of alkyl halides is 4. The molecule has 252 valence electrons. The predicted octanol–water partition coefficient (Wildman–Crippen LogP) is 11.6. The van der Waals surface area contributed by atoms with Gasteiger partial charge in [0, 0.05) is 6.07 Å². The van der Waals surface area contributed by atoms with Crippen LogP contribution >= 0.6 is 0 Å². The maximum atomic E-state index is 15.0. The Bertz CT molecular complexity index is 1200. The van der Waals surface area contributed by atoms with E-state index < -0.39 is 58.8 Å². The summed E-state index contributed by atoms with van der Waals surface area (Å²) < 4.78 is 125. The third-order valence-electron chi connectivity index (χ3n) is 9.54. The Hall–Kier alpha value is -2.36. The second-order valence-electron chi connectivity index (χ2n) is 12.9. The highest BCUT2D eigenvalue weighted by Crippen LogP contribution is 2.43. The fourth-order valence-electron chi connectivity index (χ4n) is 6.79. The molecule has 4 rings (SSSR count). The monoisotopic (exact) mass is 648 g/mol. The molecule has 2 nitrogen and oxygen atoms in total. The van der Waals surface area contributed by atoms with Gasteiger partial charge in [0.2, 0.25) is 0 Å². The molecule has 0 atom stereocenters. The van der Waals surface area contributed by atoms with Crippen molar-refractivity contribution in [3.8, 4) is 5.75 Å². The van der Waals surface area contributed by atoms with Gasteiger partial charge < -0.3 is 9.47 Å². The molecule has 2 aliphatic rings. The highest BCUT2D eigenvalue weighted by Gasteiger charge is 2.45. The molecule has 0 bridgehead atoms. The molecule has 0 spiro atoms. The minimum atomic E-state index is -3.99. The van der Waals surface area contributed by atoms with Gasteiger partial charge in [0.05, 0.1) is 17.6 Å². The van der Waals surface area contributed by atoms with Crippen LogP contribution in [-0.4, -0.2) is 12.2 Å². The van der Waals surface area contributed by atoms with Gasteiger partial charge in [0.25, 0.3) is 0 Å². The Morgan fingerprint density at radius 3 is 1.91 bits per heavy atom. The highest BCUT2D eigenvalue weighted by atomic mass is 19.3. The molecule has 2 aromatic rings. The van der Waals surface area contributed by atoms with Gasteiger partial charge in [-0.3, -0.25) is 0 Å². The van der Waals surface area contributed by atoms with Crippen LogP contribution in [0.4, 0.5) is 35.1 Å². The molecule has 10 heteroatoms. The van der Waals surface area contributed by atoms with E-state index in [1.165, 1.54) is 19.3 Å². The minimum absolute atomic E-state index is 0.0927. The van der Waals surface area contributed by atoms with E-state index in [9.17, 15) is 35.1 Å². The lowest BCUT2D eigenvalue weighted by atomic mass is 9.79. The van der Waals surface area contributed by atoms with E-state index in [1.54, 1.807) is 0 Å². The second-order valence-corrected chi connectivity index (χ2v) is 12.9. The van der Waals surface area contributed by atoms with Crippen molar-refractivity contribution in [1.29, 1.82) is 0 Å². The van der Waals surface area contributed by atoms with Gasteiger partial charge in [-0.25, -0.2) is 17.6 Å². The van der Waals surface area contributed by atoms with E-state index in [4.69, 9.17) is 9.47 Å². The Morgan fingerprint density at radius 2 is 1.29 bits per heavy atom. The summed E-state index contributed by atoms with van der Waals surface area (Å²) in [5.74, 6) is -6.46. The number of benzene rings is 2. The molecule has 2 fully saturated rings. The van der Waals surface area contributed by atoms with Crippen molar-refractivity contribution in [1.82, 2.24) is 0 Å². The van der Waals surface area contributed by atoms with E-state index in [0.29, 0.717) is 68.9 Å². The zero-order chi connectivity index (χ0) is 32.6. The van der Waals surface area contributed by atoms with Gasteiger partial charge >= 0.3 is 12.2 Å². The molecule has 0 aliphatic heterocycles. The van der Waals surface area contributed by atoms with Crippen LogP contribution < -0.4 is 4.74 Å². The van der Waals surface area contributed by atoms with E-state index >= 15 is 0 Å². The number of hydrogen-bond donors (Lipinski definition) is 0. The van der Waals surface area contributed by atoms with Crippen LogP contribution in [-0.2, 0) is 17.3 Å². The predicted molar refractivity (Wildman–Crippen MR) is 156 cm³/mol. The first kappa shape index (κ1) is 35.5. The molecule has 45 heavy (non-hydrogen) atoms. The zero-order valence-corrected chi connectivity index (χ0v) is 25.9. The molecule has 0 unspecified atom stereocenters. The van der Waals surface area contributed by atoms with Crippen molar-refractivity contribution < 1.29 is 44.6 Å². The summed E-state index contributed by atoms with van der Waals surface area (Å²) in [6, 6.07) is 4.09. The number of hydrogen-bond acceptors (Lipinski definition) is 2. The maximum Gasteiger partial charge on any atom is 0.400 e. The van der Waals surface area contributed by atoms with Crippen LogP contribution in [0.2, 0.25) is 0 Å². The van der Waals surface area contributed by atoms with Crippen LogP contribution in [0.5, 0.6) is 5.75 Å². The van der Waals surface area contributed by atoms with E-state index in [1.807, 2.05) is 0 Å². The summed E-state index contributed by atoms with van der Waals surface area (Å²) in [5, 5.41) is 0. The molecule has 0 saturated heterocycles. The number of aryl methyl sites for hydroxylation is 1. The zero-order valence-electron chi connectivity index (χ0n) is 25.9. The van der Waals surface area contributed by atoms with E-state index in [2.05, 4.69) is 6.92 Å². The van der Waals surface area contributed by atoms with Crippen LogP contribution in [0.1, 0.15) is 114 Å². The van der Waals surface area contributed by atoms with Gasteiger partial charge in [-0.1, -0.05) is 45.4 Å². The van der Waals surface area contributed by atoms with Gasteiger partial charge in [-0.15, -0.1) is 0 Å². The number of halogens is 8. The topological polar surface area (TPSA) is 18.5 Å². The lowest BCUT2D eigenvalue weighted by Crippen LogP contribution is -2.37. The van der Waals surface area contributed by atoms with Crippen molar-refractivity contribution in [2.24, 2.45) is 17.8 Å². The molecular weight excluding hydrogens is 604 g/mol. The van der Waals surface area contributed by atoms with Gasteiger partial charge in [-0.2, -0.15) is 17.6 Å². The molecular formula is C35H44F8O2. The SMILES string of the molecule is CCCCCCCC1CCC(C(F)(F)Oc2ccc(C(F)(F)OC3CCC(CCc4cc(F)c(F)c(F)c4)CC3)c(F)c2)CC1. The van der Waals surface area contributed by atoms with E-state index in [0.717, 1.165) is 43.5 Å². The lowest BCUT2D eigenvalue weighted by molar-refractivity contribution is -0.279. The third kappa shape index (κ3) is 10.1. The molecule has 2 saturated carbocycles. The van der Waals surface area contributed by atoms with Gasteiger partial charge in [-0.05, 0) is 106 Å². The number of unbranched alkanes of at least 4 members (excludes halogenated alkanes) is 4. The third-order valence-corrected chi connectivity index (χ3v) is 9.54. The summed E-state index contributed by atoms with van der Waals surface area (Å²) in [5.41, 5.74) is -0.743. The van der Waals surface area contributed by atoms with Crippen molar-refractivity contribution in [2.45, 2.75) is 128 Å². The molecule has 0 N–H and O–H groups in total. The van der Waals surface area contributed by atoms with Crippen LogP contribution in [0.25, 0.3) is 0 Å². The quantitative estimate of drug-likeness (QED) is 0.109. The summed E-state index contributed by atoms with van der Waals surface area (Å²) in [4.78, 5) is 0. The summed E-state index contributed by atoms with van der Waals surface area (Å²) >= 11 is 0. The van der Waals surface area contributed by atoms with Crippen molar-refractivity contribution >= 4 is 0 Å². The Morgan fingerprint density at radius 1 is 0.689 bits per heavy atom. The van der Waals surface area contributed by atoms with Gasteiger partial charge in [0.1, 0.15) is 11.6 Å². The molecule has 0 radical (unpaired) electrons. The second kappa shape index (κ2) is 16.0. The molecule has 2 aliphatic carbocycles. The Balaban J connectivity index is 1.23. The molecule has 2 aromatic carbocycles. The van der Waals surface area contributed by atoms with E-state index in [-0.39, 0.29) is 18.8 Å². The molecule has 0 heterocycles. The van der Waals surface area contributed by atoms with Gasteiger partial charge in [0.15, 0.2) is 17.5 Å². The highest BCUT2D eigenvalue weighted by molar-refractivity contribution is 5.31. The summed E-state index contributed by atoms with van der Waals surface area (Å²) in [6.45, 7) is 2.16. The lowest BCUT2D eigenvalue weighted by Gasteiger charge is -2.33. The van der Waals surface area contributed by atoms with Crippen molar-refractivity contribution in [3.63, 3.8) is 0 Å². The normalized spacial score (nSPS) is 22.9.